The van der Waals surface area contributed by atoms with Gasteiger partial charge in [0.05, 0.1) is 0 Å². The molecule has 18 heavy (non-hydrogen) atoms. The molecule has 2 N–H and O–H groups in total. The molecule has 1 atom stereocenters. The van der Waals surface area contributed by atoms with Crippen LogP contribution >= 0.6 is 0 Å². The number of hydrogen-bond acceptors (Lipinski definition) is 3. The standard InChI is InChI=1S/C14H29N3O/c1-3-8-16-11-13-6-4-9-17(12-13)10-5-7-14(18)15-2/h13,16H,3-12H2,1-2H3,(H,15,18). The fourth-order valence-electron chi connectivity index (χ4n) is 2.59. The molecule has 0 radical (unpaired) electrons. The Kier molecular flexibility index (Phi) is 8.01. The van der Waals surface area contributed by atoms with Gasteiger partial charge in [-0.2, -0.15) is 0 Å². The maximum absolute atomic E-state index is 11.2. The minimum absolute atomic E-state index is 0.160. The first-order valence-electron chi connectivity index (χ1n) is 7.40. The Labute approximate surface area is 111 Å². The van der Waals surface area contributed by atoms with E-state index in [1.165, 1.54) is 32.4 Å². The Morgan fingerprint density at radius 3 is 3.00 bits per heavy atom. The molecule has 0 aromatic heterocycles. The maximum Gasteiger partial charge on any atom is 0.219 e. The predicted molar refractivity (Wildman–Crippen MR) is 75.6 cm³/mol. The number of likely N-dealkylation sites (tertiary alicyclic amines) is 1. The number of carbonyl (C=O) groups excluding carboxylic acids is 1. The number of nitrogens with zero attached hydrogens (tertiary/aromatic N) is 1. The molecular formula is C14H29N3O. The molecule has 0 aromatic carbocycles. The number of amides is 1. The van der Waals surface area contributed by atoms with Crippen LogP contribution in [0.15, 0.2) is 0 Å². The molecule has 0 aliphatic carbocycles. The molecular weight excluding hydrogens is 226 g/mol. The molecule has 1 unspecified atom stereocenters. The van der Waals surface area contributed by atoms with Crippen LogP contribution in [0.25, 0.3) is 0 Å². The van der Waals surface area contributed by atoms with Crippen LogP contribution in [0.3, 0.4) is 0 Å². The topological polar surface area (TPSA) is 44.4 Å². The molecule has 0 bridgehead atoms. The summed E-state index contributed by atoms with van der Waals surface area (Å²) in [5, 5.41) is 6.20. The first-order valence-corrected chi connectivity index (χ1v) is 7.40. The summed E-state index contributed by atoms with van der Waals surface area (Å²) in [6.07, 6.45) is 5.50. The molecule has 4 heteroatoms. The average Bonchev–Trinajstić information content (AvgIpc) is 2.39. The first-order chi connectivity index (χ1) is 8.76. The third-order valence-electron chi connectivity index (χ3n) is 3.62. The minimum atomic E-state index is 0.160. The summed E-state index contributed by atoms with van der Waals surface area (Å²) >= 11 is 0. The molecule has 1 rings (SSSR count). The quantitative estimate of drug-likeness (QED) is 0.641. The fraction of sp³-hybridized carbons (Fsp3) is 0.929. The largest absolute Gasteiger partial charge is 0.359 e. The van der Waals surface area contributed by atoms with Crippen molar-refractivity contribution < 1.29 is 4.79 Å². The Morgan fingerprint density at radius 2 is 2.28 bits per heavy atom. The van der Waals surface area contributed by atoms with Crippen LogP contribution in [0.4, 0.5) is 0 Å². The van der Waals surface area contributed by atoms with Crippen LogP contribution in [-0.2, 0) is 4.79 Å². The van der Waals surface area contributed by atoms with Crippen molar-refractivity contribution in [2.24, 2.45) is 5.92 Å². The van der Waals surface area contributed by atoms with Gasteiger partial charge in [-0.05, 0) is 57.8 Å². The highest BCUT2D eigenvalue weighted by Crippen LogP contribution is 2.16. The van der Waals surface area contributed by atoms with Gasteiger partial charge in [0.15, 0.2) is 0 Å². The van der Waals surface area contributed by atoms with E-state index in [-0.39, 0.29) is 5.91 Å². The molecule has 1 saturated heterocycles. The second-order valence-electron chi connectivity index (χ2n) is 5.29. The lowest BCUT2D eigenvalue weighted by atomic mass is 9.97. The van der Waals surface area contributed by atoms with Crippen molar-refractivity contribution in [3.63, 3.8) is 0 Å². The Bertz CT molecular complexity index is 233. The molecule has 0 saturated carbocycles. The number of carbonyl (C=O) groups is 1. The summed E-state index contributed by atoms with van der Waals surface area (Å²) < 4.78 is 0. The molecule has 1 fully saturated rings. The van der Waals surface area contributed by atoms with E-state index in [1.807, 2.05) is 0 Å². The average molecular weight is 255 g/mol. The third kappa shape index (κ3) is 6.36. The van der Waals surface area contributed by atoms with Gasteiger partial charge in [0.2, 0.25) is 5.91 Å². The maximum atomic E-state index is 11.2. The van der Waals surface area contributed by atoms with Gasteiger partial charge in [-0.15, -0.1) is 0 Å². The van der Waals surface area contributed by atoms with E-state index in [2.05, 4.69) is 22.5 Å². The highest BCUT2D eigenvalue weighted by Gasteiger charge is 2.19. The summed E-state index contributed by atoms with van der Waals surface area (Å²) in [5.41, 5.74) is 0. The van der Waals surface area contributed by atoms with Crippen LogP contribution in [0, 0.1) is 5.92 Å². The van der Waals surface area contributed by atoms with Crippen molar-refractivity contribution in [2.75, 3.05) is 39.8 Å². The summed E-state index contributed by atoms with van der Waals surface area (Å²) in [4.78, 5) is 13.7. The molecule has 106 valence electrons. The van der Waals surface area contributed by atoms with Crippen molar-refractivity contribution in [1.29, 1.82) is 0 Å². The molecule has 1 aliphatic heterocycles. The highest BCUT2D eigenvalue weighted by molar-refractivity contribution is 5.75. The third-order valence-corrected chi connectivity index (χ3v) is 3.62. The molecule has 4 nitrogen and oxygen atoms in total. The summed E-state index contributed by atoms with van der Waals surface area (Å²) in [6, 6.07) is 0. The van der Waals surface area contributed by atoms with Gasteiger partial charge in [0.1, 0.15) is 0 Å². The van der Waals surface area contributed by atoms with E-state index in [4.69, 9.17) is 0 Å². The van der Waals surface area contributed by atoms with E-state index < -0.39 is 0 Å². The van der Waals surface area contributed by atoms with Crippen LogP contribution in [0.5, 0.6) is 0 Å². The summed E-state index contributed by atoms with van der Waals surface area (Å²) in [5.74, 6) is 0.957. The summed E-state index contributed by atoms with van der Waals surface area (Å²) in [7, 11) is 1.71. The van der Waals surface area contributed by atoms with E-state index >= 15 is 0 Å². The summed E-state index contributed by atoms with van der Waals surface area (Å²) in [6.45, 7) is 7.96. The SMILES string of the molecule is CCCNCC1CCCN(CCCC(=O)NC)C1. The molecule has 0 aromatic rings. The van der Waals surface area contributed by atoms with Crippen LogP contribution in [-0.4, -0.2) is 50.6 Å². The Hall–Kier alpha value is -0.610. The van der Waals surface area contributed by atoms with Crippen molar-refractivity contribution in [3.05, 3.63) is 0 Å². The van der Waals surface area contributed by atoms with Gasteiger partial charge in [-0.3, -0.25) is 4.79 Å². The van der Waals surface area contributed by atoms with E-state index in [9.17, 15) is 4.79 Å². The van der Waals surface area contributed by atoms with Crippen LogP contribution < -0.4 is 10.6 Å². The molecule has 1 amide bonds. The zero-order chi connectivity index (χ0) is 13.2. The van der Waals surface area contributed by atoms with Crippen LogP contribution in [0.1, 0.15) is 39.0 Å². The van der Waals surface area contributed by atoms with Crippen molar-refractivity contribution in [1.82, 2.24) is 15.5 Å². The normalized spacial score (nSPS) is 20.9. The lowest BCUT2D eigenvalue weighted by molar-refractivity contribution is -0.120. The minimum Gasteiger partial charge on any atom is -0.359 e. The monoisotopic (exact) mass is 255 g/mol. The highest BCUT2D eigenvalue weighted by atomic mass is 16.1. The van der Waals surface area contributed by atoms with E-state index in [0.29, 0.717) is 6.42 Å². The Balaban J connectivity index is 2.12. The van der Waals surface area contributed by atoms with Gasteiger partial charge < -0.3 is 15.5 Å². The van der Waals surface area contributed by atoms with Crippen molar-refractivity contribution in [2.45, 2.75) is 39.0 Å². The number of nitrogens with one attached hydrogen (secondary N) is 2. The number of rotatable bonds is 8. The second-order valence-corrected chi connectivity index (χ2v) is 5.29. The van der Waals surface area contributed by atoms with Crippen LogP contribution in [0.2, 0.25) is 0 Å². The van der Waals surface area contributed by atoms with E-state index in [0.717, 1.165) is 32.0 Å². The molecule has 1 aliphatic rings. The molecule has 1 heterocycles. The second kappa shape index (κ2) is 9.34. The van der Waals surface area contributed by atoms with Gasteiger partial charge in [0.25, 0.3) is 0 Å². The van der Waals surface area contributed by atoms with Gasteiger partial charge in [-0.1, -0.05) is 6.92 Å². The van der Waals surface area contributed by atoms with Gasteiger partial charge >= 0.3 is 0 Å². The molecule has 0 spiro atoms. The number of hydrogen-bond donors (Lipinski definition) is 2. The number of piperidine rings is 1. The van der Waals surface area contributed by atoms with Crippen molar-refractivity contribution in [3.8, 4) is 0 Å². The zero-order valence-electron chi connectivity index (χ0n) is 12.0. The fourth-order valence-corrected chi connectivity index (χ4v) is 2.59. The van der Waals surface area contributed by atoms with E-state index in [1.54, 1.807) is 7.05 Å². The van der Waals surface area contributed by atoms with Gasteiger partial charge in [-0.25, -0.2) is 0 Å². The lowest BCUT2D eigenvalue weighted by Crippen LogP contribution is -2.40. The lowest BCUT2D eigenvalue weighted by Gasteiger charge is -2.32. The smallest absolute Gasteiger partial charge is 0.219 e. The van der Waals surface area contributed by atoms with Crippen molar-refractivity contribution >= 4 is 5.91 Å². The Morgan fingerprint density at radius 1 is 1.44 bits per heavy atom. The van der Waals surface area contributed by atoms with Gasteiger partial charge in [0, 0.05) is 20.0 Å². The zero-order valence-corrected chi connectivity index (χ0v) is 12.0. The predicted octanol–water partition coefficient (Wildman–Crippen LogP) is 1.22. The first kappa shape index (κ1) is 15.4.